The maximum Gasteiger partial charge on any atom is 0.407 e. The lowest BCUT2D eigenvalue weighted by molar-refractivity contribution is 0.0520. The lowest BCUT2D eigenvalue weighted by Gasteiger charge is -2.23. The maximum absolute atomic E-state index is 11.8. The smallest absolute Gasteiger partial charge is 0.407 e. The molecule has 1 unspecified atom stereocenters. The van der Waals surface area contributed by atoms with Crippen LogP contribution in [0.1, 0.15) is 45.2 Å². The van der Waals surface area contributed by atoms with Crippen LogP contribution in [0.3, 0.4) is 0 Å². The van der Waals surface area contributed by atoms with Gasteiger partial charge in [0.2, 0.25) is 0 Å². The Morgan fingerprint density at radius 1 is 0.935 bits per heavy atom. The summed E-state index contributed by atoms with van der Waals surface area (Å²) < 4.78 is 5.28. The summed E-state index contributed by atoms with van der Waals surface area (Å²) in [5.41, 5.74) is 2.22. The average molecular weight is 426 g/mol. The van der Waals surface area contributed by atoms with Crippen LogP contribution < -0.4 is 10.6 Å². The number of hydrogen-bond donors (Lipinski definition) is 2. The summed E-state index contributed by atoms with van der Waals surface area (Å²) in [6, 6.07) is 21.3. The largest absolute Gasteiger partial charge is 0.444 e. The van der Waals surface area contributed by atoms with Gasteiger partial charge in [-0.1, -0.05) is 67.6 Å². The van der Waals surface area contributed by atoms with E-state index in [9.17, 15) is 4.79 Å². The Bertz CT molecular complexity index is 703. The molecule has 0 saturated carbocycles. The van der Waals surface area contributed by atoms with Crippen molar-refractivity contribution in [1.82, 2.24) is 15.5 Å². The predicted octanol–water partition coefficient (Wildman–Crippen LogP) is 4.83. The number of alkyl carbamates (subject to hydrolysis) is 1. The number of carbonyl (C=O) groups is 1. The zero-order chi connectivity index (χ0) is 22.5. The Labute approximate surface area is 188 Å². The van der Waals surface area contributed by atoms with Gasteiger partial charge in [-0.25, -0.2) is 4.79 Å². The number of ether oxygens (including phenoxy) is 1. The first-order valence-corrected chi connectivity index (χ1v) is 11.3. The van der Waals surface area contributed by atoms with Gasteiger partial charge < -0.3 is 15.4 Å². The van der Waals surface area contributed by atoms with Crippen molar-refractivity contribution < 1.29 is 9.53 Å². The van der Waals surface area contributed by atoms with E-state index in [0.29, 0.717) is 12.5 Å². The molecule has 5 heteroatoms. The van der Waals surface area contributed by atoms with Crippen LogP contribution in [0.4, 0.5) is 4.79 Å². The molecule has 0 aromatic heterocycles. The molecular formula is C26H39N3O2. The number of nitrogens with zero attached hydrogens (tertiary/aromatic N) is 1. The molecule has 0 radical (unpaired) electrons. The zero-order valence-electron chi connectivity index (χ0n) is 19.6. The standard InChI is InChI=1S/C26H39N3O2/c1-22(19-28-25(30)31-26(2,3)4)18-27-16-11-17-29(20-23-12-7-5-8-13-23)21-24-14-9-6-10-15-24/h5-10,12-15,22,27H,11,16-21H2,1-4H3,(H,28,30). The Balaban J connectivity index is 1.69. The summed E-state index contributed by atoms with van der Waals surface area (Å²) in [6.45, 7) is 13.1. The van der Waals surface area contributed by atoms with Gasteiger partial charge in [-0.15, -0.1) is 0 Å². The van der Waals surface area contributed by atoms with Crippen molar-refractivity contribution in [3.8, 4) is 0 Å². The minimum Gasteiger partial charge on any atom is -0.444 e. The lowest BCUT2D eigenvalue weighted by atomic mass is 10.1. The van der Waals surface area contributed by atoms with E-state index in [1.54, 1.807) is 0 Å². The molecule has 2 aromatic rings. The second-order valence-corrected chi connectivity index (χ2v) is 9.23. The van der Waals surface area contributed by atoms with Crippen LogP contribution in [0.15, 0.2) is 60.7 Å². The summed E-state index contributed by atoms with van der Waals surface area (Å²) in [6.07, 6.45) is 0.725. The summed E-state index contributed by atoms with van der Waals surface area (Å²) in [5, 5.41) is 6.36. The molecule has 0 spiro atoms. The Morgan fingerprint density at radius 2 is 1.48 bits per heavy atom. The third-order valence-corrected chi connectivity index (χ3v) is 4.81. The highest BCUT2D eigenvalue weighted by molar-refractivity contribution is 5.67. The number of hydrogen-bond acceptors (Lipinski definition) is 4. The molecule has 0 aliphatic rings. The van der Waals surface area contributed by atoms with Gasteiger partial charge in [0.1, 0.15) is 5.60 Å². The van der Waals surface area contributed by atoms with Gasteiger partial charge in [-0.2, -0.15) is 0 Å². The second kappa shape index (κ2) is 13.1. The molecule has 0 aliphatic heterocycles. The van der Waals surface area contributed by atoms with Crippen molar-refractivity contribution in [2.75, 3.05) is 26.2 Å². The van der Waals surface area contributed by atoms with E-state index in [-0.39, 0.29) is 6.09 Å². The predicted molar refractivity (Wildman–Crippen MR) is 128 cm³/mol. The van der Waals surface area contributed by atoms with E-state index in [2.05, 4.69) is 83.1 Å². The van der Waals surface area contributed by atoms with Crippen molar-refractivity contribution in [2.45, 2.75) is 52.8 Å². The lowest BCUT2D eigenvalue weighted by Crippen LogP contribution is -2.37. The molecule has 1 amide bonds. The number of nitrogens with one attached hydrogen (secondary N) is 2. The first-order valence-electron chi connectivity index (χ1n) is 11.3. The summed E-state index contributed by atoms with van der Waals surface area (Å²) >= 11 is 0. The van der Waals surface area contributed by atoms with Gasteiger partial charge in [0.05, 0.1) is 0 Å². The van der Waals surface area contributed by atoms with Gasteiger partial charge in [0.25, 0.3) is 0 Å². The fraction of sp³-hybridized carbons (Fsp3) is 0.500. The van der Waals surface area contributed by atoms with Gasteiger partial charge in [-0.3, -0.25) is 4.90 Å². The SMILES string of the molecule is CC(CNCCCN(Cc1ccccc1)Cc1ccccc1)CNC(=O)OC(C)(C)C. The minimum atomic E-state index is -0.461. The number of rotatable bonds is 12. The molecule has 1 atom stereocenters. The Hall–Kier alpha value is -2.37. The van der Waals surface area contributed by atoms with Crippen molar-refractivity contribution >= 4 is 6.09 Å². The van der Waals surface area contributed by atoms with Gasteiger partial charge in [0, 0.05) is 26.2 Å². The topological polar surface area (TPSA) is 53.6 Å². The van der Waals surface area contributed by atoms with Crippen LogP contribution >= 0.6 is 0 Å². The molecule has 2 N–H and O–H groups in total. The van der Waals surface area contributed by atoms with Crippen molar-refractivity contribution in [3.63, 3.8) is 0 Å². The van der Waals surface area contributed by atoms with Crippen LogP contribution in [0.25, 0.3) is 0 Å². The van der Waals surface area contributed by atoms with Gasteiger partial charge in [0.15, 0.2) is 0 Å². The third-order valence-electron chi connectivity index (χ3n) is 4.81. The molecule has 170 valence electrons. The highest BCUT2D eigenvalue weighted by Gasteiger charge is 2.16. The minimum absolute atomic E-state index is 0.345. The number of carbonyl (C=O) groups excluding carboxylic acids is 1. The highest BCUT2D eigenvalue weighted by Crippen LogP contribution is 2.10. The zero-order valence-corrected chi connectivity index (χ0v) is 19.6. The van der Waals surface area contributed by atoms with E-state index in [1.807, 2.05) is 20.8 Å². The normalized spacial score (nSPS) is 12.5. The Kier molecular flexibility index (Phi) is 10.5. The van der Waals surface area contributed by atoms with Crippen LogP contribution in [0.2, 0.25) is 0 Å². The third kappa shape index (κ3) is 11.6. The molecule has 2 rings (SSSR count). The summed E-state index contributed by atoms with van der Waals surface area (Å²) in [7, 11) is 0. The maximum atomic E-state index is 11.8. The number of amides is 1. The fourth-order valence-electron chi connectivity index (χ4n) is 3.32. The van der Waals surface area contributed by atoms with Gasteiger partial charge >= 0.3 is 6.09 Å². The molecular weight excluding hydrogens is 386 g/mol. The van der Waals surface area contributed by atoms with Crippen molar-refractivity contribution in [2.24, 2.45) is 5.92 Å². The molecule has 0 saturated heterocycles. The molecule has 0 heterocycles. The van der Waals surface area contributed by atoms with Gasteiger partial charge in [-0.05, 0) is 57.3 Å². The van der Waals surface area contributed by atoms with Crippen LogP contribution in [-0.2, 0) is 17.8 Å². The average Bonchev–Trinajstić information content (AvgIpc) is 2.72. The van der Waals surface area contributed by atoms with E-state index < -0.39 is 5.60 Å². The van der Waals surface area contributed by atoms with Crippen molar-refractivity contribution in [3.05, 3.63) is 71.8 Å². The van der Waals surface area contributed by atoms with E-state index in [1.165, 1.54) is 11.1 Å². The van der Waals surface area contributed by atoms with E-state index >= 15 is 0 Å². The van der Waals surface area contributed by atoms with Crippen LogP contribution in [-0.4, -0.2) is 42.8 Å². The second-order valence-electron chi connectivity index (χ2n) is 9.23. The fourth-order valence-corrected chi connectivity index (χ4v) is 3.32. The van der Waals surface area contributed by atoms with Crippen LogP contribution in [0, 0.1) is 5.92 Å². The molecule has 0 fully saturated rings. The monoisotopic (exact) mass is 425 g/mol. The first kappa shape index (κ1) is 24.9. The highest BCUT2D eigenvalue weighted by atomic mass is 16.6. The Morgan fingerprint density at radius 3 is 2.00 bits per heavy atom. The first-order chi connectivity index (χ1) is 14.8. The molecule has 31 heavy (non-hydrogen) atoms. The van der Waals surface area contributed by atoms with E-state index in [0.717, 1.165) is 39.1 Å². The molecule has 0 bridgehead atoms. The van der Waals surface area contributed by atoms with Crippen molar-refractivity contribution in [1.29, 1.82) is 0 Å². The molecule has 2 aromatic carbocycles. The quantitative estimate of drug-likeness (QED) is 0.478. The molecule has 5 nitrogen and oxygen atoms in total. The van der Waals surface area contributed by atoms with Crippen LogP contribution in [0.5, 0.6) is 0 Å². The van der Waals surface area contributed by atoms with E-state index in [4.69, 9.17) is 4.74 Å². The summed E-state index contributed by atoms with van der Waals surface area (Å²) in [5.74, 6) is 0.345. The summed E-state index contributed by atoms with van der Waals surface area (Å²) in [4.78, 5) is 14.3. The molecule has 0 aliphatic carbocycles. The number of benzene rings is 2.